The summed E-state index contributed by atoms with van der Waals surface area (Å²) in [6.45, 7) is 0. The van der Waals surface area contributed by atoms with E-state index in [-0.39, 0.29) is 4.77 Å². The van der Waals surface area contributed by atoms with E-state index < -0.39 is 16.3 Å². The number of nitrogens with zero attached hydrogens (tertiary/aromatic N) is 3. The fourth-order valence-electron chi connectivity index (χ4n) is 1.37. The lowest BCUT2D eigenvalue weighted by Gasteiger charge is -2.16. The highest BCUT2D eigenvalue weighted by atomic mass is 32.2. The number of hydrogen-bond acceptors (Lipinski definition) is 4. The molecule has 1 N–H and O–H groups in total. The maximum Gasteiger partial charge on any atom is 0.348 e. The molecule has 0 atom stereocenters. The highest BCUT2D eigenvalue weighted by molar-refractivity contribution is 7.63. The van der Waals surface area contributed by atoms with Crippen molar-refractivity contribution in [3.05, 3.63) is 41.4 Å². The Labute approximate surface area is 104 Å². The van der Waals surface area contributed by atoms with Crippen molar-refractivity contribution in [1.82, 2.24) is 14.8 Å². The van der Waals surface area contributed by atoms with Gasteiger partial charge in [-0.1, -0.05) is 18.2 Å². The number of hydrogen-bond donors (Lipinski definition) is 1. The molecular weight excluding hydrogens is 256 g/mol. The first-order valence-corrected chi connectivity index (χ1v) is 6.06. The van der Waals surface area contributed by atoms with Gasteiger partial charge in [0.2, 0.25) is 0 Å². The van der Waals surface area contributed by atoms with E-state index in [0.29, 0.717) is 5.69 Å². The molecule has 0 aliphatic rings. The summed E-state index contributed by atoms with van der Waals surface area (Å²) in [6.07, 6.45) is 1.12. The van der Waals surface area contributed by atoms with Gasteiger partial charge < -0.3 is 0 Å². The summed E-state index contributed by atoms with van der Waals surface area (Å²) in [4.78, 5) is 16.9. The Balaban J connectivity index is 2.35. The zero-order valence-electron chi connectivity index (χ0n) is 9.44. The molecule has 0 spiro atoms. The first-order valence-electron chi connectivity index (χ1n) is 4.98. The minimum Gasteiger partial charge on any atom is -0.296 e. The number of para-hydroxylation sites is 1. The van der Waals surface area contributed by atoms with Gasteiger partial charge >= 0.3 is 6.03 Å². The van der Waals surface area contributed by atoms with Crippen LogP contribution in [0.2, 0.25) is 0 Å². The van der Waals surface area contributed by atoms with Gasteiger partial charge in [-0.2, -0.15) is 13.1 Å². The fourth-order valence-corrected chi connectivity index (χ4v) is 1.68. The number of H-pyrrole nitrogens is 1. The van der Waals surface area contributed by atoms with E-state index in [1.807, 2.05) is 6.07 Å². The molecule has 7 nitrogen and oxygen atoms in total. The molecule has 1 aromatic heterocycles. The maximum atomic E-state index is 12.0. The van der Waals surface area contributed by atoms with Crippen molar-refractivity contribution in [2.45, 2.75) is 0 Å². The van der Waals surface area contributed by atoms with Crippen molar-refractivity contribution >= 4 is 22.0 Å². The molecule has 0 saturated heterocycles. The Bertz CT molecular complexity index is 722. The summed E-state index contributed by atoms with van der Waals surface area (Å²) < 4.78 is 22.0. The maximum absolute atomic E-state index is 12.0. The number of nitrogens with one attached hydrogen (secondary N) is 1. The predicted molar refractivity (Wildman–Crippen MR) is 64.4 cm³/mol. The lowest BCUT2D eigenvalue weighted by molar-refractivity contribution is 0.246. The second kappa shape index (κ2) is 4.88. The normalized spacial score (nSPS) is 10.1. The van der Waals surface area contributed by atoms with Crippen molar-refractivity contribution in [2.75, 3.05) is 11.9 Å². The quantitative estimate of drug-likeness (QED) is 0.770. The van der Waals surface area contributed by atoms with Gasteiger partial charge in [-0.15, -0.1) is 0 Å². The number of carbonyl (C=O) groups is 1. The lowest BCUT2D eigenvalue weighted by Crippen LogP contribution is -2.31. The predicted octanol–water partition coefficient (Wildman–Crippen LogP) is 0.727. The van der Waals surface area contributed by atoms with Crippen LogP contribution in [-0.4, -0.2) is 36.3 Å². The molecule has 18 heavy (non-hydrogen) atoms. The van der Waals surface area contributed by atoms with Gasteiger partial charge in [-0.05, 0) is 12.1 Å². The molecule has 0 saturated carbocycles. The Morgan fingerprint density at radius 2 is 2.00 bits per heavy atom. The zero-order valence-corrected chi connectivity index (χ0v) is 10.3. The minimum absolute atomic E-state index is 0.287. The summed E-state index contributed by atoms with van der Waals surface area (Å²) in [7, 11) is -0.908. The molecule has 0 unspecified atom stereocenters. The monoisotopic (exact) mass is 266 g/mol. The van der Waals surface area contributed by atoms with Crippen molar-refractivity contribution in [3.8, 4) is 0 Å². The molecular formula is C10H10N4O3S. The third-order valence-electron chi connectivity index (χ3n) is 2.30. The zero-order chi connectivity index (χ0) is 13.1. The van der Waals surface area contributed by atoms with Gasteiger partial charge in [-0.25, -0.2) is 9.78 Å². The van der Waals surface area contributed by atoms with Crippen LogP contribution in [0.15, 0.2) is 36.7 Å². The van der Waals surface area contributed by atoms with E-state index in [4.69, 9.17) is 0 Å². The van der Waals surface area contributed by atoms with Crippen LogP contribution >= 0.6 is 0 Å². The van der Waals surface area contributed by atoms with Crippen LogP contribution in [-0.2, 0) is 10.3 Å². The van der Waals surface area contributed by atoms with Gasteiger partial charge in [-0.3, -0.25) is 10.00 Å². The first-order chi connectivity index (χ1) is 8.59. The minimum atomic E-state index is -2.49. The third kappa shape index (κ3) is 2.33. The van der Waals surface area contributed by atoms with Crippen molar-refractivity contribution in [3.63, 3.8) is 0 Å². The van der Waals surface area contributed by atoms with E-state index >= 15 is 0 Å². The second-order valence-electron chi connectivity index (χ2n) is 3.44. The van der Waals surface area contributed by atoms with Crippen LogP contribution in [0.25, 0.3) is 0 Å². The molecule has 1 aromatic carbocycles. The fraction of sp³-hybridized carbons (Fsp3) is 0.100. The molecule has 94 valence electrons. The highest BCUT2D eigenvalue weighted by Crippen LogP contribution is 2.11. The number of rotatable bonds is 1. The topological polar surface area (TPSA) is 88.1 Å². The summed E-state index contributed by atoms with van der Waals surface area (Å²) >= 11 is 0. The van der Waals surface area contributed by atoms with Crippen LogP contribution in [0, 0.1) is 4.77 Å². The number of carbonyl (C=O) groups excluding carboxylic acids is 1. The highest BCUT2D eigenvalue weighted by Gasteiger charge is 2.12. The first kappa shape index (κ1) is 12.1. The van der Waals surface area contributed by atoms with Gasteiger partial charge in [0.15, 0.2) is 0 Å². The summed E-state index contributed by atoms with van der Waals surface area (Å²) in [5.74, 6) is 0. The van der Waals surface area contributed by atoms with Crippen molar-refractivity contribution < 1.29 is 13.2 Å². The van der Waals surface area contributed by atoms with E-state index in [2.05, 4.69) is 10.1 Å². The molecule has 0 bridgehead atoms. The van der Waals surface area contributed by atoms with Crippen LogP contribution in [0.3, 0.4) is 0 Å². The molecule has 2 rings (SSSR count). The van der Waals surface area contributed by atoms with E-state index in [1.54, 1.807) is 31.3 Å². The average Bonchev–Trinajstić information content (AvgIpc) is 2.88. The van der Waals surface area contributed by atoms with Gasteiger partial charge in [0, 0.05) is 12.7 Å². The van der Waals surface area contributed by atoms with Gasteiger partial charge in [0.05, 0.1) is 0 Å². The van der Waals surface area contributed by atoms with E-state index in [1.165, 1.54) is 4.90 Å². The van der Waals surface area contributed by atoms with Gasteiger partial charge in [0.1, 0.15) is 6.33 Å². The largest absolute Gasteiger partial charge is 0.348 e. The van der Waals surface area contributed by atoms with Crippen LogP contribution in [0.1, 0.15) is 0 Å². The molecule has 0 radical (unpaired) electrons. The number of aromatic nitrogens is 3. The van der Waals surface area contributed by atoms with Crippen LogP contribution < -0.4 is 4.90 Å². The summed E-state index contributed by atoms with van der Waals surface area (Å²) in [6, 6.07) is 8.53. The SMILES string of the molecule is CN(C(=O)n1cnc(=S(=O)=O)[nH]1)c1ccccc1. The van der Waals surface area contributed by atoms with Gasteiger partial charge in [0.25, 0.3) is 15.1 Å². The average molecular weight is 266 g/mol. The summed E-state index contributed by atoms with van der Waals surface area (Å²) in [5.41, 5.74) is 0.689. The molecule has 8 heteroatoms. The Kier molecular flexibility index (Phi) is 3.28. The molecule has 0 aliphatic heterocycles. The van der Waals surface area contributed by atoms with E-state index in [9.17, 15) is 13.2 Å². The van der Waals surface area contributed by atoms with Crippen LogP contribution in [0.5, 0.6) is 0 Å². The van der Waals surface area contributed by atoms with Crippen molar-refractivity contribution in [2.24, 2.45) is 0 Å². The Morgan fingerprint density at radius 1 is 1.33 bits per heavy atom. The molecule has 0 fully saturated rings. The second-order valence-corrected chi connectivity index (χ2v) is 4.30. The molecule has 0 aliphatic carbocycles. The molecule has 1 heterocycles. The van der Waals surface area contributed by atoms with Crippen LogP contribution in [0.4, 0.5) is 10.5 Å². The summed E-state index contributed by atoms with van der Waals surface area (Å²) in [5, 5.41) is 2.36. The smallest absolute Gasteiger partial charge is 0.296 e. The molecule has 2 aromatic rings. The Hall–Kier alpha value is -2.35. The van der Waals surface area contributed by atoms with Crippen molar-refractivity contribution in [1.29, 1.82) is 0 Å². The lowest BCUT2D eigenvalue weighted by atomic mass is 10.3. The number of benzene rings is 1. The number of anilines is 1. The van der Waals surface area contributed by atoms with E-state index in [0.717, 1.165) is 11.0 Å². The number of aromatic amines is 1. The third-order valence-corrected chi connectivity index (χ3v) is 2.81. The number of amides is 1. The standard InChI is InChI=1S/C10H10N4O3S/c1-13(8-5-3-2-4-6-8)10(15)14-7-11-9(12-14)18(16)17/h2-7,12H,1H3. The Morgan fingerprint density at radius 3 is 2.56 bits per heavy atom. The molecule has 1 amide bonds.